The van der Waals surface area contributed by atoms with E-state index in [1.54, 1.807) is 6.20 Å². The summed E-state index contributed by atoms with van der Waals surface area (Å²) in [5, 5.41) is 3.08. The number of benzene rings is 1. The van der Waals surface area contributed by atoms with Crippen LogP contribution in [0.1, 0.15) is 18.7 Å². The molecule has 25 heavy (non-hydrogen) atoms. The summed E-state index contributed by atoms with van der Waals surface area (Å²) in [6.07, 6.45) is 3.31. The Morgan fingerprint density at radius 1 is 1.20 bits per heavy atom. The van der Waals surface area contributed by atoms with Crippen molar-refractivity contribution in [1.82, 2.24) is 20.1 Å². The summed E-state index contributed by atoms with van der Waals surface area (Å²) in [5.74, 6) is 1.79. The van der Waals surface area contributed by atoms with Gasteiger partial charge in [-0.1, -0.05) is 30.3 Å². The Bertz CT molecular complexity index is 663. The molecule has 0 bridgehead atoms. The summed E-state index contributed by atoms with van der Waals surface area (Å²) in [6.45, 7) is 4.87. The highest BCUT2D eigenvalue weighted by atomic mass is 16.4. The van der Waals surface area contributed by atoms with Gasteiger partial charge in [-0.05, 0) is 20.0 Å². The molecule has 0 unspecified atom stereocenters. The van der Waals surface area contributed by atoms with Gasteiger partial charge in [0.2, 0.25) is 11.8 Å². The van der Waals surface area contributed by atoms with Crippen molar-refractivity contribution < 1.29 is 9.21 Å². The second kappa shape index (κ2) is 8.78. The van der Waals surface area contributed by atoms with E-state index in [2.05, 4.69) is 15.2 Å². The lowest BCUT2D eigenvalue weighted by Gasteiger charge is -2.34. The maximum Gasteiger partial charge on any atom is 0.222 e. The van der Waals surface area contributed by atoms with Crippen molar-refractivity contribution >= 4 is 5.91 Å². The first kappa shape index (κ1) is 17.6. The number of hydrogen-bond donors (Lipinski definition) is 1. The summed E-state index contributed by atoms with van der Waals surface area (Å²) in [6, 6.07) is 10.0. The largest absolute Gasteiger partial charge is 0.439 e. The number of oxazole rings is 1. The molecule has 134 valence electrons. The van der Waals surface area contributed by atoms with Gasteiger partial charge in [-0.15, -0.1) is 0 Å². The molecular weight excluding hydrogens is 316 g/mol. The van der Waals surface area contributed by atoms with Crippen LogP contribution in [0.5, 0.6) is 0 Å². The molecule has 3 rings (SSSR count). The molecule has 0 saturated carbocycles. The summed E-state index contributed by atoms with van der Waals surface area (Å²) in [4.78, 5) is 20.8. The van der Waals surface area contributed by atoms with Crippen LogP contribution in [0.4, 0.5) is 0 Å². The lowest BCUT2D eigenvalue weighted by atomic mass is 10.2. The van der Waals surface area contributed by atoms with E-state index in [1.165, 1.54) is 0 Å². The topological polar surface area (TPSA) is 61.6 Å². The van der Waals surface area contributed by atoms with Crippen LogP contribution in [0.25, 0.3) is 11.3 Å². The molecule has 1 amide bonds. The predicted octanol–water partition coefficient (Wildman–Crippen LogP) is 1.99. The molecule has 2 aromatic rings. The third-order valence-corrected chi connectivity index (χ3v) is 4.51. The van der Waals surface area contributed by atoms with E-state index in [0.717, 1.165) is 56.4 Å². The Kier molecular flexibility index (Phi) is 6.19. The minimum absolute atomic E-state index is 0.261. The summed E-state index contributed by atoms with van der Waals surface area (Å²) >= 11 is 0. The maximum absolute atomic E-state index is 12.1. The van der Waals surface area contributed by atoms with Gasteiger partial charge in [-0.3, -0.25) is 9.69 Å². The number of hydrogen-bond acceptors (Lipinski definition) is 5. The first-order chi connectivity index (χ1) is 12.3. The first-order valence-electron chi connectivity index (χ1n) is 8.91. The number of piperazine rings is 1. The van der Waals surface area contributed by atoms with E-state index in [0.29, 0.717) is 13.0 Å². The molecule has 1 fully saturated rings. The van der Waals surface area contributed by atoms with E-state index in [1.807, 2.05) is 42.3 Å². The van der Waals surface area contributed by atoms with Crippen LogP contribution in [0, 0.1) is 0 Å². The molecule has 2 heterocycles. The molecular formula is C19H26N4O2. The van der Waals surface area contributed by atoms with Crippen molar-refractivity contribution in [2.24, 2.45) is 0 Å². The minimum Gasteiger partial charge on any atom is -0.439 e. The summed E-state index contributed by atoms with van der Waals surface area (Å²) in [5.41, 5.74) is 1.04. The summed E-state index contributed by atoms with van der Waals surface area (Å²) < 4.78 is 5.87. The van der Waals surface area contributed by atoms with Crippen molar-refractivity contribution in [2.75, 3.05) is 39.8 Å². The molecule has 1 aromatic carbocycles. The van der Waals surface area contributed by atoms with E-state index < -0.39 is 0 Å². The van der Waals surface area contributed by atoms with Gasteiger partial charge in [-0.25, -0.2) is 4.98 Å². The van der Waals surface area contributed by atoms with Crippen LogP contribution in [0.3, 0.4) is 0 Å². The van der Waals surface area contributed by atoms with Crippen LogP contribution in [-0.4, -0.2) is 60.5 Å². The Labute approximate surface area is 148 Å². The number of carbonyl (C=O) groups excluding carboxylic acids is 1. The molecule has 0 aliphatic carbocycles. The van der Waals surface area contributed by atoms with Gasteiger partial charge in [0, 0.05) is 38.2 Å². The number of amides is 1. The van der Waals surface area contributed by atoms with Gasteiger partial charge >= 0.3 is 0 Å². The quantitative estimate of drug-likeness (QED) is 0.780. The minimum atomic E-state index is 0.261. The molecule has 1 N–H and O–H groups in total. The normalized spacial score (nSPS) is 15.5. The fourth-order valence-corrected chi connectivity index (χ4v) is 3.04. The molecule has 6 nitrogen and oxygen atoms in total. The standard InChI is InChI=1S/C19H26N4O2/c1-20-9-5-8-19(24)23-12-10-22(11-13-23)15-18-21-14-17(25-18)16-6-3-2-4-7-16/h2-4,6-7,14,20H,5,8-13,15H2,1H3. The van der Waals surface area contributed by atoms with Gasteiger partial charge in [0.25, 0.3) is 0 Å². The smallest absolute Gasteiger partial charge is 0.222 e. The lowest BCUT2D eigenvalue weighted by molar-refractivity contribution is -0.133. The van der Waals surface area contributed by atoms with E-state index >= 15 is 0 Å². The first-order valence-corrected chi connectivity index (χ1v) is 8.91. The molecule has 0 spiro atoms. The predicted molar refractivity (Wildman–Crippen MR) is 97.0 cm³/mol. The number of nitrogens with zero attached hydrogens (tertiary/aromatic N) is 3. The number of carbonyl (C=O) groups is 1. The van der Waals surface area contributed by atoms with E-state index in [4.69, 9.17) is 4.42 Å². The summed E-state index contributed by atoms with van der Waals surface area (Å²) in [7, 11) is 1.91. The van der Waals surface area contributed by atoms with Crippen LogP contribution in [0.2, 0.25) is 0 Å². The van der Waals surface area contributed by atoms with Crippen molar-refractivity contribution in [2.45, 2.75) is 19.4 Å². The van der Waals surface area contributed by atoms with Gasteiger partial charge in [0.1, 0.15) is 0 Å². The van der Waals surface area contributed by atoms with Crippen LogP contribution < -0.4 is 5.32 Å². The number of aromatic nitrogens is 1. The Balaban J connectivity index is 1.46. The van der Waals surface area contributed by atoms with E-state index in [-0.39, 0.29) is 5.91 Å². The SMILES string of the molecule is CNCCCC(=O)N1CCN(Cc2ncc(-c3ccccc3)o2)CC1. The van der Waals surface area contributed by atoms with Gasteiger partial charge < -0.3 is 14.6 Å². The van der Waals surface area contributed by atoms with Gasteiger partial charge in [-0.2, -0.15) is 0 Å². The van der Waals surface area contributed by atoms with Crippen molar-refractivity contribution in [1.29, 1.82) is 0 Å². The number of nitrogens with one attached hydrogen (secondary N) is 1. The molecule has 1 aromatic heterocycles. The zero-order valence-corrected chi connectivity index (χ0v) is 14.8. The number of rotatable bonds is 7. The zero-order valence-electron chi connectivity index (χ0n) is 14.8. The molecule has 1 aliphatic rings. The van der Waals surface area contributed by atoms with Crippen LogP contribution in [0.15, 0.2) is 40.9 Å². The van der Waals surface area contributed by atoms with Gasteiger partial charge in [0.15, 0.2) is 5.76 Å². The average molecular weight is 342 g/mol. The molecule has 0 atom stereocenters. The Morgan fingerprint density at radius 3 is 2.68 bits per heavy atom. The van der Waals surface area contributed by atoms with Crippen molar-refractivity contribution in [3.8, 4) is 11.3 Å². The zero-order chi connectivity index (χ0) is 17.5. The monoisotopic (exact) mass is 342 g/mol. The average Bonchev–Trinajstić information content (AvgIpc) is 3.12. The Hall–Kier alpha value is -2.18. The maximum atomic E-state index is 12.1. The Morgan fingerprint density at radius 2 is 1.96 bits per heavy atom. The second-order valence-electron chi connectivity index (χ2n) is 6.35. The lowest BCUT2D eigenvalue weighted by Crippen LogP contribution is -2.48. The van der Waals surface area contributed by atoms with Crippen molar-refractivity contribution in [3.63, 3.8) is 0 Å². The van der Waals surface area contributed by atoms with Crippen LogP contribution >= 0.6 is 0 Å². The molecule has 0 radical (unpaired) electrons. The molecule has 1 saturated heterocycles. The van der Waals surface area contributed by atoms with Gasteiger partial charge in [0.05, 0.1) is 12.7 Å². The molecule has 6 heteroatoms. The fraction of sp³-hybridized carbons (Fsp3) is 0.474. The van der Waals surface area contributed by atoms with Crippen LogP contribution in [-0.2, 0) is 11.3 Å². The third kappa shape index (κ3) is 4.90. The highest BCUT2D eigenvalue weighted by Crippen LogP contribution is 2.20. The highest BCUT2D eigenvalue weighted by Gasteiger charge is 2.21. The second-order valence-corrected chi connectivity index (χ2v) is 6.35. The third-order valence-electron chi connectivity index (χ3n) is 4.51. The van der Waals surface area contributed by atoms with E-state index in [9.17, 15) is 4.79 Å². The van der Waals surface area contributed by atoms with Crippen molar-refractivity contribution in [3.05, 3.63) is 42.4 Å². The highest BCUT2D eigenvalue weighted by molar-refractivity contribution is 5.76. The molecule has 1 aliphatic heterocycles. The fourth-order valence-electron chi connectivity index (χ4n) is 3.04.